The maximum Gasteiger partial charge on any atom is 0.198 e. The van der Waals surface area contributed by atoms with Crippen molar-refractivity contribution in [3.63, 3.8) is 0 Å². The molecule has 0 aliphatic carbocycles. The lowest BCUT2D eigenvalue weighted by atomic mass is 10.3. The molecule has 1 aromatic rings. The van der Waals surface area contributed by atoms with Crippen molar-refractivity contribution in [3.8, 4) is 0 Å². The molecule has 0 atom stereocenters. The summed E-state index contributed by atoms with van der Waals surface area (Å²) in [5.74, 6) is 0.0622. The molecule has 3 heteroatoms. The summed E-state index contributed by atoms with van der Waals surface area (Å²) < 4.78 is 5.19. The fourth-order valence-corrected chi connectivity index (χ4v) is 1.78. The lowest BCUT2D eigenvalue weighted by Crippen LogP contribution is -2.07. The summed E-state index contributed by atoms with van der Waals surface area (Å²) in [5.41, 5.74) is 0. The summed E-state index contributed by atoms with van der Waals surface area (Å²) in [4.78, 5) is 13.4. The third-order valence-corrected chi connectivity index (χ3v) is 2.76. The Hall–Kier alpha value is -0.930. The van der Waals surface area contributed by atoms with Crippen LogP contribution in [-0.2, 0) is 4.74 Å². The van der Waals surface area contributed by atoms with Crippen LogP contribution in [0.2, 0.25) is 0 Å². The van der Waals surface area contributed by atoms with E-state index in [0.717, 1.165) is 16.2 Å². The Morgan fingerprint density at radius 2 is 2.43 bits per heavy atom. The Bertz CT molecular complexity index is 315. The minimum absolute atomic E-state index is 0.0622. The zero-order valence-electron chi connectivity index (χ0n) is 8.29. The van der Waals surface area contributed by atoms with Crippen LogP contribution in [0.5, 0.6) is 0 Å². The van der Waals surface area contributed by atoms with E-state index in [9.17, 15) is 4.79 Å². The molecule has 0 bridgehead atoms. The van der Waals surface area contributed by atoms with Crippen LogP contribution in [0.15, 0.2) is 24.8 Å². The third-order valence-electron chi connectivity index (χ3n) is 1.71. The van der Waals surface area contributed by atoms with Gasteiger partial charge in [-0.05, 0) is 25.5 Å². The van der Waals surface area contributed by atoms with E-state index in [1.165, 1.54) is 11.3 Å². The van der Waals surface area contributed by atoms with E-state index in [-0.39, 0.29) is 12.4 Å². The second-order valence-corrected chi connectivity index (χ2v) is 4.25. The van der Waals surface area contributed by atoms with Crippen LogP contribution in [0.25, 0.3) is 0 Å². The third kappa shape index (κ3) is 3.44. The summed E-state index contributed by atoms with van der Waals surface area (Å²) in [6.45, 7) is 6.31. The highest BCUT2D eigenvalue weighted by molar-refractivity contribution is 7.14. The highest BCUT2D eigenvalue weighted by Crippen LogP contribution is 2.15. The van der Waals surface area contributed by atoms with Gasteiger partial charge in [-0.15, -0.1) is 17.9 Å². The Morgan fingerprint density at radius 3 is 3.00 bits per heavy atom. The van der Waals surface area contributed by atoms with Gasteiger partial charge in [0.2, 0.25) is 0 Å². The Kier molecular flexibility index (Phi) is 4.56. The number of ketones is 1. The first kappa shape index (κ1) is 11.1. The van der Waals surface area contributed by atoms with E-state index >= 15 is 0 Å². The van der Waals surface area contributed by atoms with Gasteiger partial charge in [-0.2, -0.15) is 0 Å². The van der Waals surface area contributed by atoms with Gasteiger partial charge in [0.1, 0.15) is 6.61 Å². The van der Waals surface area contributed by atoms with Gasteiger partial charge in [-0.25, -0.2) is 0 Å². The molecular formula is C11H14O2S. The molecule has 0 fully saturated rings. The van der Waals surface area contributed by atoms with E-state index in [1.54, 1.807) is 6.08 Å². The van der Waals surface area contributed by atoms with Gasteiger partial charge in [0.05, 0.1) is 11.5 Å². The lowest BCUT2D eigenvalue weighted by Gasteiger charge is -1.99. The number of hydrogen-bond acceptors (Lipinski definition) is 3. The Balaban J connectivity index is 2.32. The van der Waals surface area contributed by atoms with Crippen molar-refractivity contribution >= 4 is 17.1 Å². The average molecular weight is 210 g/mol. The highest BCUT2D eigenvalue weighted by atomic mass is 32.1. The second-order valence-electron chi connectivity index (χ2n) is 2.96. The van der Waals surface area contributed by atoms with Crippen LogP contribution < -0.4 is 0 Å². The normalized spacial score (nSPS) is 10.1. The molecule has 0 radical (unpaired) electrons. The van der Waals surface area contributed by atoms with Gasteiger partial charge in [-0.3, -0.25) is 4.79 Å². The number of hydrogen-bond donors (Lipinski definition) is 0. The second kappa shape index (κ2) is 5.73. The van der Waals surface area contributed by atoms with Crippen LogP contribution in [0, 0.1) is 6.92 Å². The summed E-state index contributed by atoms with van der Waals surface area (Å²) in [6, 6.07) is 3.79. The Labute approximate surface area is 88.2 Å². The zero-order valence-corrected chi connectivity index (χ0v) is 9.10. The van der Waals surface area contributed by atoms with Gasteiger partial charge in [-0.1, -0.05) is 6.08 Å². The largest absolute Gasteiger partial charge is 0.373 e. The van der Waals surface area contributed by atoms with Crippen molar-refractivity contribution in [3.05, 3.63) is 34.5 Å². The topological polar surface area (TPSA) is 26.3 Å². The number of carbonyl (C=O) groups is 1. The molecule has 0 aliphatic rings. The molecule has 0 aromatic carbocycles. The molecule has 14 heavy (non-hydrogen) atoms. The number of Topliss-reactive ketones (excluding diaryl/α,β-unsaturated/α-hetero) is 1. The predicted octanol–water partition coefficient (Wildman–Crippen LogP) is 2.83. The molecule has 0 unspecified atom stereocenters. The first-order valence-electron chi connectivity index (χ1n) is 4.52. The summed E-state index contributed by atoms with van der Waals surface area (Å²) in [7, 11) is 0. The first-order valence-corrected chi connectivity index (χ1v) is 5.34. The van der Waals surface area contributed by atoms with Gasteiger partial charge < -0.3 is 4.74 Å². The number of aryl methyl sites for hydroxylation is 1. The van der Waals surface area contributed by atoms with Crippen molar-refractivity contribution < 1.29 is 9.53 Å². The maximum atomic E-state index is 11.5. The number of carbonyl (C=O) groups excluding carboxylic acids is 1. The minimum atomic E-state index is 0.0622. The van der Waals surface area contributed by atoms with E-state index in [2.05, 4.69) is 6.58 Å². The SMILES string of the molecule is C=CCCOCC(=O)c1ccc(C)s1. The Morgan fingerprint density at radius 1 is 1.64 bits per heavy atom. The minimum Gasteiger partial charge on any atom is -0.373 e. The van der Waals surface area contributed by atoms with Gasteiger partial charge in [0.25, 0.3) is 0 Å². The van der Waals surface area contributed by atoms with Crippen molar-refractivity contribution in [2.75, 3.05) is 13.2 Å². The number of thiophene rings is 1. The summed E-state index contributed by atoms with van der Waals surface area (Å²) >= 11 is 1.51. The van der Waals surface area contributed by atoms with Gasteiger partial charge in [0.15, 0.2) is 5.78 Å². The van der Waals surface area contributed by atoms with Gasteiger partial charge >= 0.3 is 0 Å². The quantitative estimate of drug-likeness (QED) is 0.410. The molecule has 0 aliphatic heterocycles. The molecule has 0 spiro atoms. The zero-order chi connectivity index (χ0) is 10.4. The summed E-state index contributed by atoms with van der Waals surface area (Å²) in [5, 5.41) is 0. The predicted molar refractivity (Wildman–Crippen MR) is 59.0 cm³/mol. The first-order chi connectivity index (χ1) is 6.74. The number of ether oxygens (including phenoxy) is 1. The standard InChI is InChI=1S/C11H14O2S/c1-3-4-7-13-8-10(12)11-6-5-9(2)14-11/h3,5-6H,1,4,7-8H2,2H3. The highest BCUT2D eigenvalue weighted by Gasteiger charge is 2.07. The lowest BCUT2D eigenvalue weighted by molar-refractivity contribution is 0.0772. The van der Waals surface area contributed by atoms with E-state index in [0.29, 0.717) is 6.61 Å². The summed E-state index contributed by atoms with van der Waals surface area (Å²) in [6.07, 6.45) is 2.57. The van der Waals surface area contributed by atoms with E-state index in [4.69, 9.17) is 4.74 Å². The van der Waals surface area contributed by atoms with Crippen molar-refractivity contribution in [2.24, 2.45) is 0 Å². The maximum absolute atomic E-state index is 11.5. The molecule has 0 amide bonds. The van der Waals surface area contributed by atoms with Crippen molar-refractivity contribution in [1.29, 1.82) is 0 Å². The van der Waals surface area contributed by atoms with Crippen molar-refractivity contribution in [2.45, 2.75) is 13.3 Å². The smallest absolute Gasteiger partial charge is 0.198 e. The fraction of sp³-hybridized carbons (Fsp3) is 0.364. The molecule has 0 N–H and O–H groups in total. The van der Waals surface area contributed by atoms with Crippen LogP contribution >= 0.6 is 11.3 Å². The molecule has 76 valence electrons. The molecule has 1 rings (SSSR count). The number of rotatable bonds is 6. The van der Waals surface area contributed by atoms with Crippen LogP contribution in [0.3, 0.4) is 0 Å². The van der Waals surface area contributed by atoms with Gasteiger partial charge in [0, 0.05) is 4.88 Å². The van der Waals surface area contributed by atoms with Crippen molar-refractivity contribution in [1.82, 2.24) is 0 Å². The fourth-order valence-electron chi connectivity index (χ4n) is 0.987. The van der Waals surface area contributed by atoms with Crippen LogP contribution in [0.4, 0.5) is 0 Å². The molecular weight excluding hydrogens is 196 g/mol. The molecule has 2 nitrogen and oxygen atoms in total. The van der Waals surface area contributed by atoms with Crippen LogP contribution in [0.1, 0.15) is 21.0 Å². The molecule has 1 heterocycles. The average Bonchev–Trinajstić information content (AvgIpc) is 2.59. The molecule has 1 aromatic heterocycles. The van der Waals surface area contributed by atoms with Crippen LogP contribution in [-0.4, -0.2) is 19.0 Å². The van der Waals surface area contributed by atoms with E-state index < -0.39 is 0 Å². The van der Waals surface area contributed by atoms with E-state index in [1.807, 2.05) is 19.1 Å². The molecule has 0 saturated carbocycles. The molecule has 0 saturated heterocycles. The monoisotopic (exact) mass is 210 g/mol.